The van der Waals surface area contributed by atoms with Crippen molar-refractivity contribution >= 4 is 33.3 Å². The standard InChI is InChI=1S/C26H26ClF2NO5S/c1-3-20(11-15-26(31)32)35-25-7-5-4-6-22(25)17(2)30(24-16-19(28)10-14-23(24)29)36(33,34)21-12-8-18(27)9-13-21/h4-10,12-14,16-17,20H,3,11,15H2,1-2H3,(H,31,32). The lowest BCUT2D eigenvalue weighted by Gasteiger charge is -2.32. The number of para-hydroxylation sites is 1. The monoisotopic (exact) mass is 537 g/mol. The van der Waals surface area contributed by atoms with Crippen molar-refractivity contribution in [2.75, 3.05) is 4.31 Å². The minimum atomic E-state index is -4.40. The largest absolute Gasteiger partial charge is 0.490 e. The first-order valence-electron chi connectivity index (χ1n) is 11.3. The number of benzene rings is 3. The van der Waals surface area contributed by atoms with Crippen LogP contribution in [-0.4, -0.2) is 25.6 Å². The third-order valence-corrected chi connectivity index (χ3v) is 7.82. The van der Waals surface area contributed by atoms with Gasteiger partial charge in [0.1, 0.15) is 17.4 Å². The quantitative estimate of drug-likeness (QED) is 0.298. The average molecular weight is 538 g/mol. The second-order valence-electron chi connectivity index (χ2n) is 8.14. The molecule has 6 nitrogen and oxygen atoms in total. The molecule has 0 bridgehead atoms. The minimum absolute atomic E-state index is 0.0954. The highest BCUT2D eigenvalue weighted by atomic mass is 35.5. The van der Waals surface area contributed by atoms with E-state index in [1.165, 1.54) is 31.2 Å². The maximum absolute atomic E-state index is 15.0. The molecule has 10 heteroatoms. The zero-order chi connectivity index (χ0) is 26.5. The summed E-state index contributed by atoms with van der Waals surface area (Å²) in [5, 5.41) is 9.34. The van der Waals surface area contributed by atoms with Crippen LogP contribution in [0.25, 0.3) is 0 Å². The van der Waals surface area contributed by atoms with E-state index in [1.54, 1.807) is 24.3 Å². The molecule has 3 rings (SSSR count). The van der Waals surface area contributed by atoms with Crippen molar-refractivity contribution in [2.45, 2.75) is 50.2 Å². The van der Waals surface area contributed by atoms with Gasteiger partial charge in [0.15, 0.2) is 0 Å². The Balaban J connectivity index is 2.12. The van der Waals surface area contributed by atoms with E-state index in [4.69, 9.17) is 21.4 Å². The first kappa shape index (κ1) is 27.4. The number of halogens is 3. The Morgan fingerprint density at radius 1 is 1.08 bits per heavy atom. The highest BCUT2D eigenvalue weighted by Gasteiger charge is 2.34. The molecule has 0 saturated heterocycles. The predicted octanol–water partition coefficient (Wildman–Crippen LogP) is 6.60. The fraction of sp³-hybridized carbons (Fsp3) is 0.269. The van der Waals surface area contributed by atoms with Crippen LogP contribution in [0.1, 0.15) is 44.7 Å². The van der Waals surface area contributed by atoms with Gasteiger partial charge in [-0.1, -0.05) is 36.7 Å². The summed E-state index contributed by atoms with van der Waals surface area (Å²) in [5.41, 5.74) is -0.0716. The van der Waals surface area contributed by atoms with Crippen LogP contribution >= 0.6 is 11.6 Å². The fourth-order valence-electron chi connectivity index (χ4n) is 3.79. The number of hydrogen-bond donors (Lipinski definition) is 1. The Bertz CT molecular complexity index is 1320. The third kappa shape index (κ3) is 6.33. The molecule has 3 aromatic carbocycles. The van der Waals surface area contributed by atoms with E-state index in [-0.39, 0.29) is 17.7 Å². The summed E-state index contributed by atoms with van der Waals surface area (Å²) in [7, 11) is -4.40. The normalized spacial score (nSPS) is 13.1. The summed E-state index contributed by atoms with van der Waals surface area (Å²) in [6.45, 7) is 3.39. The van der Waals surface area contributed by atoms with Crippen LogP contribution in [0.4, 0.5) is 14.5 Å². The summed E-state index contributed by atoms with van der Waals surface area (Å²) < 4.78 is 63.6. The first-order valence-corrected chi connectivity index (χ1v) is 13.1. The molecule has 0 saturated carbocycles. The molecule has 2 unspecified atom stereocenters. The van der Waals surface area contributed by atoms with Crippen LogP contribution in [0, 0.1) is 11.6 Å². The number of nitrogens with zero attached hydrogens (tertiary/aromatic N) is 1. The Morgan fingerprint density at radius 2 is 1.75 bits per heavy atom. The topological polar surface area (TPSA) is 83.9 Å². The van der Waals surface area contributed by atoms with Crippen molar-refractivity contribution in [1.29, 1.82) is 0 Å². The molecule has 192 valence electrons. The van der Waals surface area contributed by atoms with Crippen molar-refractivity contribution in [3.05, 3.63) is 89.0 Å². The van der Waals surface area contributed by atoms with Gasteiger partial charge >= 0.3 is 5.97 Å². The fourth-order valence-corrected chi connectivity index (χ4v) is 5.55. The van der Waals surface area contributed by atoms with Gasteiger partial charge < -0.3 is 9.84 Å². The molecular weight excluding hydrogens is 512 g/mol. The molecule has 0 spiro atoms. The molecule has 36 heavy (non-hydrogen) atoms. The van der Waals surface area contributed by atoms with Crippen molar-refractivity contribution in [1.82, 2.24) is 0 Å². The maximum atomic E-state index is 15.0. The van der Waals surface area contributed by atoms with Crippen molar-refractivity contribution < 1.29 is 31.8 Å². The van der Waals surface area contributed by atoms with Gasteiger partial charge in [0.25, 0.3) is 10.0 Å². The number of carbonyl (C=O) groups is 1. The van der Waals surface area contributed by atoms with E-state index in [9.17, 15) is 22.0 Å². The van der Waals surface area contributed by atoms with E-state index in [0.717, 1.165) is 22.5 Å². The zero-order valence-corrected chi connectivity index (χ0v) is 21.3. The summed E-state index contributed by atoms with van der Waals surface area (Å²) in [5.74, 6) is -2.37. The number of carboxylic acid groups (broad SMARTS) is 1. The first-order chi connectivity index (χ1) is 17.0. The molecule has 0 aliphatic carbocycles. The molecule has 0 amide bonds. The van der Waals surface area contributed by atoms with Gasteiger partial charge in [-0.3, -0.25) is 9.10 Å². The van der Waals surface area contributed by atoms with Gasteiger partial charge in [-0.15, -0.1) is 0 Å². The number of aliphatic carboxylic acids is 1. The van der Waals surface area contributed by atoms with E-state index in [1.807, 2.05) is 6.92 Å². The lowest BCUT2D eigenvalue weighted by atomic mass is 10.1. The van der Waals surface area contributed by atoms with E-state index < -0.39 is 45.5 Å². The van der Waals surface area contributed by atoms with Crippen molar-refractivity contribution in [3.63, 3.8) is 0 Å². The van der Waals surface area contributed by atoms with Crippen molar-refractivity contribution in [2.24, 2.45) is 0 Å². The number of rotatable bonds is 11. The van der Waals surface area contributed by atoms with E-state index in [0.29, 0.717) is 22.8 Å². The predicted molar refractivity (Wildman–Crippen MR) is 134 cm³/mol. The number of anilines is 1. The second kappa shape index (κ2) is 11.7. The van der Waals surface area contributed by atoms with Gasteiger partial charge in [-0.05, 0) is 62.2 Å². The third-order valence-electron chi connectivity index (χ3n) is 5.67. The highest BCUT2D eigenvalue weighted by molar-refractivity contribution is 7.92. The van der Waals surface area contributed by atoms with Crippen LogP contribution in [-0.2, 0) is 14.8 Å². The Labute approximate surface area is 214 Å². The van der Waals surface area contributed by atoms with Gasteiger partial charge in [-0.25, -0.2) is 17.2 Å². The molecule has 3 aromatic rings. The lowest BCUT2D eigenvalue weighted by Crippen LogP contribution is -2.35. The SMILES string of the molecule is CCC(CCC(=O)O)Oc1ccccc1C(C)N(c1cc(F)ccc1F)S(=O)(=O)c1ccc(Cl)cc1. The summed E-state index contributed by atoms with van der Waals surface area (Å²) >= 11 is 5.92. The molecule has 0 heterocycles. The van der Waals surface area contributed by atoms with Crippen LogP contribution in [0.5, 0.6) is 5.75 Å². The van der Waals surface area contributed by atoms with Gasteiger partial charge in [0.05, 0.1) is 22.7 Å². The molecule has 0 aliphatic heterocycles. The number of ether oxygens (including phenoxy) is 1. The van der Waals surface area contributed by atoms with Crippen LogP contribution in [0.3, 0.4) is 0 Å². The summed E-state index contributed by atoms with van der Waals surface area (Å²) in [6, 6.07) is 13.5. The van der Waals surface area contributed by atoms with Crippen LogP contribution < -0.4 is 9.04 Å². The van der Waals surface area contributed by atoms with Gasteiger partial charge in [0.2, 0.25) is 0 Å². The molecule has 2 atom stereocenters. The van der Waals surface area contributed by atoms with E-state index in [2.05, 4.69) is 0 Å². The highest BCUT2D eigenvalue weighted by Crippen LogP contribution is 2.39. The van der Waals surface area contributed by atoms with Crippen LogP contribution in [0.2, 0.25) is 5.02 Å². The molecule has 0 fully saturated rings. The molecule has 0 radical (unpaired) electrons. The summed E-state index contributed by atoms with van der Waals surface area (Å²) in [6.07, 6.45) is 0.227. The lowest BCUT2D eigenvalue weighted by molar-refractivity contribution is -0.137. The molecule has 0 aliphatic rings. The molecule has 1 N–H and O–H groups in total. The molecular formula is C26H26ClF2NO5S. The molecule has 0 aromatic heterocycles. The zero-order valence-electron chi connectivity index (χ0n) is 19.7. The summed E-state index contributed by atoms with van der Waals surface area (Å²) in [4.78, 5) is 10.9. The number of hydrogen-bond acceptors (Lipinski definition) is 4. The Kier molecular flexibility index (Phi) is 8.92. The van der Waals surface area contributed by atoms with Gasteiger partial charge in [0, 0.05) is 23.1 Å². The number of sulfonamides is 1. The Hall–Kier alpha value is -3.17. The van der Waals surface area contributed by atoms with Gasteiger partial charge in [-0.2, -0.15) is 0 Å². The maximum Gasteiger partial charge on any atom is 0.303 e. The smallest absolute Gasteiger partial charge is 0.303 e. The van der Waals surface area contributed by atoms with Crippen LogP contribution in [0.15, 0.2) is 71.6 Å². The van der Waals surface area contributed by atoms with E-state index >= 15 is 0 Å². The minimum Gasteiger partial charge on any atom is -0.490 e. The second-order valence-corrected chi connectivity index (χ2v) is 10.4. The number of carboxylic acids is 1. The van der Waals surface area contributed by atoms with Crippen molar-refractivity contribution in [3.8, 4) is 5.75 Å². The average Bonchev–Trinajstić information content (AvgIpc) is 2.84. The Morgan fingerprint density at radius 3 is 2.39 bits per heavy atom.